The second kappa shape index (κ2) is 5.34. The summed E-state index contributed by atoms with van der Waals surface area (Å²) in [5, 5.41) is 4.31. The Balaban J connectivity index is 1.50. The number of benzene rings is 2. The molecule has 0 unspecified atom stereocenters. The van der Waals surface area contributed by atoms with E-state index in [0.717, 1.165) is 30.2 Å². The molecule has 0 fully saturated rings. The first-order chi connectivity index (χ1) is 10.8. The van der Waals surface area contributed by atoms with Gasteiger partial charge in [0.05, 0.1) is 0 Å². The lowest BCUT2D eigenvalue weighted by Crippen LogP contribution is -2.38. The van der Waals surface area contributed by atoms with Crippen LogP contribution in [0.5, 0.6) is 0 Å². The minimum Gasteiger partial charge on any atom is -0.361 e. The van der Waals surface area contributed by atoms with Crippen molar-refractivity contribution in [3.8, 4) is 0 Å². The van der Waals surface area contributed by atoms with Crippen molar-refractivity contribution >= 4 is 16.8 Å². The zero-order chi connectivity index (χ0) is 14.9. The maximum atomic E-state index is 12.5. The minimum absolute atomic E-state index is 0.0147. The molecule has 0 spiro atoms. The van der Waals surface area contributed by atoms with E-state index in [-0.39, 0.29) is 11.9 Å². The van der Waals surface area contributed by atoms with E-state index in [1.54, 1.807) is 0 Å². The van der Waals surface area contributed by atoms with Crippen molar-refractivity contribution in [1.29, 1.82) is 0 Å². The van der Waals surface area contributed by atoms with Crippen LogP contribution in [0.25, 0.3) is 10.9 Å². The fourth-order valence-electron chi connectivity index (χ4n) is 3.28. The molecular formula is C19H18N2O. The first kappa shape index (κ1) is 13.1. The van der Waals surface area contributed by atoms with Crippen molar-refractivity contribution in [2.24, 2.45) is 0 Å². The van der Waals surface area contributed by atoms with Crippen molar-refractivity contribution in [3.05, 3.63) is 71.4 Å². The summed E-state index contributed by atoms with van der Waals surface area (Å²) in [7, 11) is 0. The molecule has 1 aliphatic carbocycles. The van der Waals surface area contributed by atoms with Gasteiger partial charge in [-0.05, 0) is 54.0 Å². The fourth-order valence-corrected chi connectivity index (χ4v) is 3.28. The van der Waals surface area contributed by atoms with Crippen LogP contribution in [0, 0.1) is 0 Å². The highest BCUT2D eigenvalue weighted by molar-refractivity contribution is 5.98. The third-order valence-electron chi connectivity index (χ3n) is 4.50. The van der Waals surface area contributed by atoms with Crippen LogP contribution in [0.2, 0.25) is 0 Å². The Morgan fingerprint density at radius 1 is 1.09 bits per heavy atom. The number of rotatable bonds is 2. The molecule has 3 nitrogen and oxygen atoms in total. The van der Waals surface area contributed by atoms with Gasteiger partial charge in [-0.1, -0.05) is 30.3 Å². The molecule has 1 aliphatic rings. The summed E-state index contributed by atoms with van der Waals surface area (Å²) in [6.45, 7) is 0. The number of amides is 1. The number of hydrogen-bond donors (Lipinski definition) is 2. The zero-order valence-corrected chi connectivity index (χ0v) is 12.3. The third kappa shape index (κ3) is 2.39. The van der Waals surface area contributed by atoms with E-state index in [1.165, 1.54) is 11.1 Å². The van der Waals surface area contributed by atoms with Gasteiger partial charge >= 0.3 is 0 Å². The van der Waals surface area contributed by atoms with Crippen molar-refractivity contribution < 1.29 is 4.79 Å². The minimum atomic E-state index is 0.0147. The van der Waals surface area contributed by atoms with Gasteiger partial charge in [-0.3, -0.25) is 4.79 Å². The average molecular weight is 290 g/mol. The highest BCUT2D eigenvalue weighted by atomic mass is 16.1. The molecule has 1 amide bonds. The largest absolute Gasteiger partial charge is 0.361 e. The standard InChI is InChI=1S/C19H18N2O/c22-19(16-6-5-14-9-10-20-18(14)12-16)21-17-8-7-13-3-1-2-4-15(13)11-17/h1-6,9-10,12,17,20H,7-8,11H2,(H,21,22)/t17-/m1/s1. The van der Waals surface area contributed by atoms with Crippen LogP contribution in [0.3, 0.4) is 0 Å². The molecule has 0 saturated heterocycles. The molecule has 2 N–H and O–H groups in total. The number of nitrogens with one attached hydrogen (secondary N) is 2. The third-order valence-corrected chi connectivity index (χ3v) is 4.50. The van der Waals surface area contributed by atoms with E-state index in [4.69, 9.17) is 0 Å². The Labute approximate surface area is 129 Å². The summed E-state index contributed by atoms with van der Waals surface area (Å²) in [5.41, 5.74) is 4.50. The molecular weight excluding hydrogens is 272 g/mol. The molecule has 1 atom stereocenters. The summed E-state index contributed by atoms with van der Waals surface area (Å²) in [5.74, 6) is 0.0147. The van der Waals surface area contributed by atoms with Crippen molar-refractivity contribution in [3.63, 3.8) is 0 Å². The number of carbonyl (C=O) groups is 1. The molecule has 3 heteroatoms. The van der Waals surface area contributed by atoms with Gasteiger partial charge in [-0.25, -0.2) is 0 Å². The van der Waals surface area contributed by atoms with Crippen molar-refractivity contribution in [1.82, 2.24) is 10.3 Å². The number of hydrogen-bond acceptors (Lipinski definition) is 1. The van der Waals surface area contributed by atoms with Crippen LogP contribution >= 0.6 is 0 Å². The molecule has 0 saturated carbocycles. The van der Waals surface area contributed by atoms with E-state index in [1.807, 2.05) is 30.5 Å². The second-order valence-electron chi connectivity index (χ2n) is 5.96. The first-order valence-corrected chi connectivity index (χ1v) is 7.74. The number of aryl methyl sites for hydroxylation is 1. The summed E-state index contributed by atoms with van der Waals surface area (Å²) in [6, 6.07) is 16.5. The van der Waals surface area contributed by atoms with Gasteiger partial charge in [0.15, 0.2) is 0 Å². The SMILES string of the molecule is O=C(N[C@@H]1CCc2ccccc2C1)c1ccc2cc[nH]c2c1. The quantitative estimate of drug-likeness (QED) is 0.746. The topological polar surface area (TPSA) is 44.9 Å². The Kier molecular flexibility index (Phi) is 3.19. The Bertz CT molecular complexity index is 834. The van der Waals surface area contributed by atoms with Crippen LogP contribution in [-0.4, -0.2) is 16.9 Å². The summed E-state index contributed by atoms with van der Waals surface area (Å²) >= 11 is 0. The van der Waals surface area contributed by atoms with Crippen LogP contribution < -0.4 is 5.32 Å². The Morgan fingerprint density at radius 2 is 1.95 bits per heavy atom. The molecule has 1 aromatic heterocycles. The lowest BCUT2D eigenvalue weighted by Gasteiger charge is -2.25. The van der Waals surface area contributed by atoms with Gasteiger partial charge in [-0.2, -0.15) is 0 Å². The van der Waals surface area contributed by atoms with Crippen molar-refractivity contribution in [2.45, 2.75) is 25.3 Å². The van der Waals surface area contributed by atoms with Gasteiger partial charge in [0.1, 0.15) is 0 Å². The summed E-state index contributed by atoms with van der Waals surface area (Å²) in [6.07, 6.45) is 4.86. The van der Waals surface area contributed by atoms with Gasteiger partial charge in [0.25, 0.3) is 5.91 Å². The van der Waals surface area contributed by atoms with Crippen LogP contribution in [0.15, 0.2) is 54.7 Å². The summed E-state index contributed by atoms with van der Waals surface area (Å²) < 4.78 is 0. The average Bonchev–Trinajstić information content (AvgIpc) is 3.02. The maximum Gasteiger partial charge on any atom is 0.251 e. The second-order valence-corrected chi connectivity index (χ2v) is 5.96. The molecule has 0 aliphatic heterocycles. The number of fused-ring (bicyclic) bond motifs is 2. The van der Waals surface area contributed by atoms with E-state index < -0.39 is 0 Å². The predicted octanol–water partition coefficient (Wildman–Crippen LogP) is 3.46. The van der Waals surface area contributed by atoms with Crippen LogP contribution in [0.4, 0.5) is 0 Å². The van der Waals surface area contributed by atoms with E-state index >= 15 is 0 Å². The van der Waals surface area contributed by atoms with Crippen LogP contribution in [0.1, 0.15) is 27.9 Å². The van der Waals surface area contributed by atoms with Gasteiger partial charge in [-0.15, -0.1) is 0 Å². The van der Waals surface area contributed by atoms with Gasteiger partial charge in [0, 0.05) is 23.3 Å². The molecule has 22 heavy (non-hydrogen) atoms. The predicted molar refractivity (Wildman–Crippen MR) is 88.0 cm³/mol. The Hall–Kier alpha value is -2.55. The smallest absolute Gasteiger partial charge is 0.251 e. The lowest BCUT2D eigenvalue weighted by molar-refractivity contribution is 0.0934. The van der Waals surface area contributed by atoms with E-state index in [9.17, 15) is 4.79 Å². The van der Waals surface area contributed by atoms with Gasteiger partial charge < -0.3 is 10.3 Å². The number of carbonyl (C=O) groups excluding carboxylic acids is 1. The van der Waals surface area contributed by atoms with Gasteiger partial charge in [0.2, 0.25) is 0 Å². The van der Waals surface area contributed by atoms with E-state index in [0.29, 0.717) is 5.56 Å². The molecule has 110 valence electrons. The summed E-state index contributed by atoms with van der Waals surface area (Å²) in [4.78, 5) is 15.6. The number of aromatic amines is 1. The monoisotopic (exact) mass is 290 g/mol. The number of aromatic nitrogens is 1. The van der Waals surface area contributed by atoms with E-state index in [2.05, 4.69) is 34.6 Å². The lowest BCUT2D eigenvalue weighted by atomic mass is 9.88. The highest BCUT2D eigenvalue weighted by Gasteiger charge is 2.20. The highest BCUT2D eigenvalue weighted by Crippen LogP contribution is 2.21. The maximum absolute atomic E-state index is 12.5. The fraction of sp³-hybridized carbons (Fsp3) is 0.211. The number of H-pyrrole nitrogens is 1. The molecule has 0 bridgehead atoms. The normalized spacial score (nSPS) is 17.2. The molecule has 4 rings (SSSR count). The Morgan fingerprint density at radius 3 is 2.86 bits per heavy atom. The molecule has 3 aromatic rings. The molecule has 0 radical (unpaired) electrons. The molecule has 2 aromatic carbocycles. The molecule has 1 heterocycles. The van der Waals surface area contributed by atoms with Crippen LogP contribution in [-0.2, 0) is 12.8 Å². The first-order valence-electron chi connectivity index (χ1n) is 7.74. The zero-order valence-electron chi connectivity index (χ0n) is 12.3. The van der Waals surface area contributed by atoms with Crippen molar-refractivity contribution in [2.75, 3.05) is 0 Å².